The molecule has 3 rings (SSSR count). The fourth-order valence-corrected chi connectivity index (χ4v) is 4.15. The van der Waals surface area contributed by atoms with Gasteiger partial charge < -0.3 is 28.8 Å². The average Bonchev–Trinajstić information content (AvgIpc) is 2.67. The summed E-state index contributed by atoms with van der Waals surface area (Å²) < 4.78 is 27.4. The first-order valence-corrected chi connectivity index (χ1v) is 9.96. The number of aliphatic hydroxyl groups is 1. The molecule has 1 N–H and O–H groups in total. The maximum absolute atomic E-state index is 13.1. The van der Waals surface area contributed by atoms with Crippen LogP contribution in [0.1, 0.15) is 47.5 Å². The lowest BCUT2D eigenvalue weighted by Crippen LogP contribution is -2.65. The zero-order valence-electron chi connectivity index (χ0n) is 18.3. The van der Waals surface area contributed by atoms with Crippen LogP contribution in [0.4, 0.5) is 0 Å². The van der Waals surface area contributed by atoms with Crippen molar-refractivity contribution in [2.75, 3.05) is 0 Å². The van der Waals surface area contributed by atoms with E-state index in [0.29, 0.717) is 6.42 Å². The van der Waals surface area contributed by atoms with Gasteiger partial charge >= 0.3 is 17.9 Å². The first kappa shape index (κ1) is 23.5. The summed E-state index contributed by atoms with van der Waals surface area (Å²) in [4.78, 5) is 61.2. The molecule has 0 bridgehead atoms. The van der Waals surface area contributed by atoms with E-state index in [9.17, 15) is 29.1 Å². The molecule has 1 fully saturated rings. The highest BCUT2D eigenvalue weighted by Gasteiger charge is 2.64. The van der Waals surface area contributed by atoms with Gasteiger partial charge in [-0.2, -0.15) is 0 Å². The second kappa shape index (κ2) is 8.05. The molecule has 1 aliphatic carbocycles. The summed E-state index contributed by atoms with van der Waals surface area (Å²) >= 11 is 0. The van der Waals surface area contributed by atoms with E-state index in [1.54, 1.807) is 6.92 Å². The Hall–Kier alpha value is -3.21. The van der Waals surface area contributed by atoms with Crippen molar-refractivity contribution in [1.82, 2.24) is 0 Å². The van der Waals surface area contributed by atoms with Crippen LogP contribution in [0.25, 0.3) is 0 Å². The molecule has 0 aromatic rings. The fourth-order valence-electron chi connectivity index (χ4n) is 4.15. The van der Waals surface area contributed by atoms with Crippen LogP contribution in [0, 0.1) is 0 Å². The van der Waals surface area contributed by atoms with Crippen LogP contribution in [0.15, 0.2) is 23.2 Å². The molecule has 2 heterocycles. The quantitative estimate of drug-likeness (QED) is 0.370. The second-order valence-electron chi connectivity index (χ2n) is 8.01. The van der Waals surface area contributed by atoms with Crippen LogP contribution in [0.2, 0.25) is 0 Å². The summed E-state index contributed by atoms with van der Waals surface area (Å²) in [5.41, 5.74) is -3.06. The average molecular weight is 452 g/mol. The normalized spacial score (nSPS) is 34.3. The van der Waals surface area contributed by atoms with Gasteiger partial charge in [0.2, 0.25) is 23.3 Å². The van der Waals surface area contributed by atoms with E-state index in [-0.39, 0.29) is 17.6 Å². The van der Waals surface area contributed by atoms with Gasteiger partial charge in [-0.3, -0.25) is 24.0 Å². The number of aliphatic hydroxyl groups excluding tert-OH is 1. The Labute approximate surface area is 183 Å². The van der Waals surface area contributed by atoms with E-state index in [2.05, 4.69) is 0 Å². The standard InChI is InChI=1S/C21H24O11/c1-9-6-7-14(29-10(2)22)21(31-9)19(30-11(3)23)15-13(8-28-21)17(26)20(5,32-12(4)24)18(27)16(15)25/h8-9,14,19,25H,6-7H2,1-5H3/t9-,14+,19+,20+,21-/m0/s1. The fraction of sp³-hybridized carbons (Fsp3) is 0.571. The van der Waals surface area contributed by atoms with Gasteiger partial charge in [0.25, 0.3) is 5.79 Å². The van der Waals surface area contributed by atoms with E-state index in [0.717, 1.165) is 27.0 Å². The van der Waals surface area contributed by atoms with Gasteiger partial charge in [-0.1, -0.05) is 0 Å². The maximum Gasteiger partial charge on any atom is 0.304 e. The highest BCUT2D eigenvalue weighted by molar-refractivity contribution is 6.27. The molecule has 0 radical (unpaired) electrons. The van der Waals surface area contributed by atoms with Crippen LogP contribution in [0.5, 0.6) is 0 Å². The van der Waals surface area contributed by atoms with Gasteiger partial charge in [0.1, 0.15) is 0 Å². The number of Topliss-reactive ketones (excluding diaryl/α,β-unsaturated/α-hetero) is 2. The van der Waals surface area contributed by atoms with Gasteiger partial charge in [-0.05, 0) is 26.7 Å². The third kappa shape index (κ3) is 3.66. The van der Waals surface area contributed by atoms with Crippen LogP contribution in [-0.4, -0.2) is 64.3 Å². The van der Waals surface area contributed by atoms with E-state index in [1.807, 2.05) is 0 Å². The summed E-state index contributed by atoms with van der Waals surface area (Å²) in [6.07, 6.45) is -1.52. The number of carbonyl (C=O) groups is 5. The van der Waals surface area contributed by atoms with Crippen molar-refractivity contribution in [2.24, 2.45) is 0 Å². The third-order valence-corrected chi connectivity index (χ3v) is 5.47. The number of carbonyl (C=O) groups excluding carboxylic acids is 5. The highest BCUT2D eigenvalue weighted by Crippen LogP contribution is 2.47. The van der Waals surface area contributed by atoms with Crippen molar-refractivity contribution in [3.8, 4) is 0 Å². The summed E-state index contributed by atoms with van der Waals surface area (Å²) in [5, 5.41) is 10.8. The predicted octanol–water partition coefficient (Wildman–Crippen LogP) is 0.945. The number of rotatable bonds is 3. The van der Waals surface area contributed by atoms with Gasteiger partial charge in [0.15, 0.2) is 11.9 Å². The molecule has 3 aliphatic rings. The number of ketones is 2. The number of esters is 3. The van der Waals surface area contributed by atoms with Gasteiger partial charge in [0, 0.05) is 20.8 Å². The van der Waals surface area contributed by atoms with Crippen LogP contribution < -0.4 is 0 Å². The highest BCUT2D eigenvalue weighted by atomic mass is 16.7. The smallest absolute Gasteiger partial charge is 0.304 e. The van der Waals surface area contributed by atoms with Crippen molar-refractivity contribution in [3.05, 3.63) is 23.2 Å². The van der Waals surface area contributed by atoms with Crippen molar-refractivity contribution >= 4 is 29.5 Å². The molecular formula is C21H24O11. The summed E-state index contributed by atoms with van der Waals surface area (Å²) in [7, 11) is 0. The zero-order chi connectivity index (χ0) is 24.0. The Morgan fingerprint density at radius 2 is 1.66 bits per heavy atom. The lowest BCUT2D eigenvalue weighted by molar-refractivity contribution is -0.334. The minimum Gasteiger partial charge on any atom is -0.504 e. The maximum atomic E-state index is 13.1. The number of ether oxygens (including phenoxy) is 5. The largest absolute Gasteiger partial charge is 0.504 e. The zero-order valence-corrected chi connectivity index (χ0v) is 18.3. The molecule has 0 amide bonds. The molecule has 11 heteroatoms. The van der Waals surface area contributed by atoms with E-state index in [4.69, 9.17) is 23.7 Å². The van der Waals surface area contributed by atoms with Crippen molar-refractivity contribution in [2.45, 2.75) is 77.2 Å². The van der Waals surface area contributed by atoms with Crippen molar-refractivity contribution < 1.29 is 52.8 Å². The van der Waals surface area contributed by atoms with Crippen molar-refractivity contribution in [1.29, 1.82) is 0 Å². The summed E-state index contributed by atoms with van der Waals surface area (Å²) in [5.74, 6) is -7.53. The lowest BCUT2D eigenvalue weighted by atomic mass is 9.74. The summed E-state index contributed by atoms with van der Waals surface area (Å²) in [6, 6.07) is 0. The molecule has 11 nitrogen and oxygen atoms in total. The van der Waals surface area contributed by atoms with Gasteiger partial charge in [0.05, 0.1) is 23.5 Å². The minimum absolute atomic E-state index is 0.253. The number of fused-ring (bicyclic) bond motifs is 1. The number of hydrogen-bond acceptors (Lipinski definition) is 11. The van der Waals surface area contributed by atoms with E-state index in [1.165, 1.54) is 6.92 Å². The van der Waals surface area contributed by atoms with Crippen LogP contribution >= 0.6 is 0 Å². The minimum atomic E-state index is -2.34. The molecule has 0 aromatic carbocycles. The Morgan fingerprint density at radius 3 is 2.22 bits per heavy atom. The molecule has 0 aromatic heterocycles. The molecule has 174 valence electrons. The molecule has 2 aliphatic heterocycles. The molecule has 1 spiro atoms. The first-order chi connectivity index (χ1) is 14.8. The number of hydrogen-bond donors (Lipinski definition) is 1. The SMILES string of the molecule is CC(=O)O[C@@H]1C2=C(O)C(=O)[C@](C)(OC(C)=O)C(=O)C2=CO[C@@]12O[C@@H](C)CC[C@H]2OC(C)=O. The van der Waals surface area contributed by atoms with E-state index >= 15 is 0 Å². The van der Waals surface area contributed by atoms with Crippen LogP contribution in [0.3, 0.4) is 0 Å². The van der Waals surface area contributed by atoms with Gasteiger partial charge in [-0.25, -0.2) is 0 Å². The molecule has 0 saturated carbocycles. The summed E-state index contributed by atoms with van der Waals surface area (Å²) in [6.45, 7) is 6.00. The van der Waals surface area contributed by atoms with Crippen LogP contribution in [-0.2, 0) is 47.7 Å². The Bertz CT molecular complexity index is 961. The van der Waals surface area contributed by atoms with Gasteiger partial charge in [-0.15, -0.1) is 0 Å². The molecule has 0 unspecified atom stereocenters. The molecule has 1 saturated heterocycles. The molecule has 5 atom stereocenters. The third-order valence-electron chi connectivity index (χ3n) is 5.47. The Balaban J connectivity index is 2.22. The first-order valence-electron chi connectivity index (χ1n) is 9.96. The Morgan fingerprint density at radius 1 is 1.03 bits per heavy atom. The second-order valence-corrected chi connectivity index (χ2v) is 8.01. The van der Waals surface area contributed by atoms with Crippen molar-refractivity contribution in [3.63, 3.8) is 0 Å². The monoisotopic (exact) mass is 452 g/mol. The van der Waals surface area contributed by atoms with E-state index < -0.39 is 64.9 Å². The molecule has 32 heavy (non-hydrogen) atoms. The Kier molecular flexibility index (Phi) is 5.90. The topological polar surface area (TPSA) is 152 Å². The lowest BCUT2D eigenvalue weighted by Gasteiger charge is -2.50. The molecular weight excluding hydrogens is 428 g/mol. The predicted molar refractivity (Wildman–Crippen MR) is 103 cm³/mol.